The molecular weight excluding hydrogens is 455 g/mol. The highest BCUT2D eigenvalue weighted by atomic mass is 19.4. The minimum Gasteiger partial charge on any atom is -0.493 e. The predicted molar refractivity (Wildman–Crippen MR) is 127 cm³/mol. The first-order valence-electron chi connectivity index (χ1n) is 13.6. The number of alkyl halides is 3. The Morgan fingerprint density at radius 2 is 1.94 bits per heavy atom. The number of hydrogen-bond acceptors (Lipinski definition) is 3. The van der Waals surface area contributed by atoms with Crippen LogP contribution >= 0.6 is 0 Å². The molecule has 1 N–H and O–H groups in total. The highest BCUT2D eigenvalue weighted by Crippen LogP contribution is 2.62. The smallest absolute Gasteiger partial charge is 0.471 e. The fraction of sp³-hybridized carbons (Fsp3) is 0.821. The van der Waals surface area contributed by atoms with E-state index in [0.717, 1.165) is 62.0 Å². The molecule has 4 nitrogen and oxygen atoms in total. The Balaban J connectivity index is 1.44. The highest BCUT2D eigenvalue weighted by Gasteiger charge is 2.54. The van der Waals surface area contributed by atoms with Crippen LogP contribution in [0.5, 0.6) is 0 Å². The van der Waals surface area contributed by atoms with Gasteiger partial charge in [-0.1, -0.05) is 38.3 Å². The molecule has 2 aliphatic heterocycles. The van der Waals surface area contributed by atoms with Crippen molar-refractivity contribution in [2.24, 2.45) is 29.1 Å². The highest BCUT2D eigenvalue weighted by molar-refractivity contribution is 5.82. The molecule has 2 heterocycles. The summed E-state index contributed by atoms with van der Waals surface area (Å²) in [4.78, 5) is 13.4. The summed E-state index contributed by atoms with van der Waals surface area (Å²) < 4.78 is 46.8. The van der Waals surface area contributed by atoms with Crippen molar-refractivity contribution in [3.8, 4) is 0 Å². The topological polar surface area (TPSA) is 49.8 Å². The Kier molecular flexibility index (Phi) is 6.55. The first kappa shape index (κ1) is 25.2. The lowest BCUT2D eigenvalue weighted by atomic mass is 9.56. The minimum absolute atomic E-state index is 0.0374. The first-order chi connectivity index (χ1) is 16.5. The number of allylic oxidation sites excluding steroid dienone is 3. The third kappa shape index (κ3) is 4.44. The van der Waals surface area contributed by atoms with Gasteiger partial charge in [0.1, 0.15) is 6.10 Å². The van der Waals surface area contributed by atoms with Gasteiger partial charge in [0, 0.05) is 6.54 Å². The Bertz CT molecular complexity index is 912. The maximum Gasteiger partial charge on any atom is 0.471 e. The molecule has 0 bridgehead atoms. The van der Waals surface area contributed by atoms with Crippen molar-refractivity contribution in [2.45, 2.75) is 109 Å². The van der Waals surface area contributed by atoms with Crippen LogP contribution in [0.25, 0.3) is 0 Å². The number of aliphatic hydroxyl groups excluding tert-OH is 1. The summed E-state index contributed by atoms with van der Waals surface area (Å²) >= 11 is 0. The van der Waals surface area contributed by atoms with Gasteiger partial charge in [0.2, 0.25) is 0 Å². The standard InChI is InChI=1S/C28H40F3NO3/c1-16-12-25-24(32(15-16)26(34)28(29,30)31)7-5-4-6-20-21-9-8-18-13-19(33)10-11-27(18,3)23(21)14-22(20)17(2)35-25/h8,16,19-21,23-25,33H,4-7,9-15H2,1-3H3/b22-17-/t16-,19-,20?,21-,23-,24?,25+,27-/m0/s1. The van der Waals surface area contributed by atoms with Crippen LogP contribution in [-0.4, -0.2) is 46.9 Å². The lowest BCUT2D eigenvalue weighted by Crippen LogP contribution is -2.57. The number of nitrogens with zero attached hydrogens (tertiary/aromatic N) is 1. The molecule has 5 aliphatic rings. The largest absolute Gasteiger partial charge is 0.493 e. The Morgan fingerprint density at radius 3 is 2.69 bits per heavy atom. The van der Waals surface area contributed by atoms with Crippen LogP contribution in [-0.2, 0) is 9.53 Å². The van der Waals surface area contributed by atoms with Crippen LogP contribution < -0.4 is 0 Å². The van der Waals surface area contributed by atoms with Gasteiger partial charge in [-0.2, -0.15) is 13.2 Å². The molecule has 35 heavy (non-hydrogen) atoms. The van der Waals surface area contributed by atoms with Crippen molar-refractivity contribution in [1.82, 2.24) is 4.90 Å². The van der Waals surface area contributed by atoms with E-state index in [9.17, 15) is 23.1 Å². The van der Waals surface area contributed by atoms with Gasteiger partial charge in [0.25, 0.3) is 0 Å². The van der Waals surface area contributed by atoms with Crippen molar-refractivity contribution in [2.75, 3.05) is 6.54 Å². The van der Waals surface area contributed by atoms with Crippen molar-refractivity contribution in [1.29, 1.82) is 0 Å². The molecule has 0 spiro atoms. The minimum atomic E-state index is -4.86. The van der Waals surface area contributed by atoms with E-state index in [1.807, 2.05) is 13.8 Å². The number of hydrogen-bond donors (Lipinski definition) is 1. The summed E-state index contributed by atoms with van der Waals surface area (Å²) in [6, 6.07) is -0.526. The Morgan fingerprint density at radius 1 is 1.20 bits per heavy atom. The molecule has 3 fully saturated rings. The number of carbonyl (C=O) groups excluding carboxylic acids is 1. The zero-order valence-electron chi connectivity index (χ0n) is 21.2. The second-order valence-electron chi connectivity index (χ2n) is 12.2. The maximum absolute atomic E-state index is 13.4. The lowest BCUT2D eigenvalue weighted by Gasteiger charge is -2.48. The molecule has 196 valence electrons. The number of ether oxygens (including phenoxy) is 1. The lowest BCUT2D eigenvalue weighted by molar-refractivity contribution is -0.194. The second kappa shape index (κ2) is 9.11. The number of carbonyl (C=O) groups is 1. The van der Waals surface area contributed by atoms with Gasteiger partial charge in [-0.05, 0) is 93.0 Å². The molecular formula is C28H40F3NO3. The number of amides is 1. The summed E-state index contributed by atoms with van der Waals surface area (Å²) in [5.74, 6) is 0.670. The van der Waals surface area contributed by atoms with E-state index in [4.69, 9.17) is 4.74 Å². The fourth-order valence-electron chi connectivity index (χ4n) is 8.32. The molecule has 0 aromatic rings. The van der Waals surface area contributed by atoms with E-state index in [1.54, 1.807) is 0 Å². The predicted octanol–water partition coefficient (Wildman–Crippen LogP) is 6.15. The molecule has 0 aromatic carbocycles. The SMILES string of the molecule is C/C1=C2\C[C@H]3[C@@H](CC=C4C[C@@H](O)CC[C@@]43C)C2CCCCC2[C@@H](C[C@H](C)CN2C(=O)C(F)(F)F)O1. The normalized spacial score (nSPS) is 44.3. The van der Waals surface area contributed by atoms with E-state index >= 15 is 0 Å². The molecule has 8 atom stereocenters. The quantitative estimate of drug-likeness (QED) is 0.410. The van der Waals surface area contributed by atoms with E-state index in [2.05, 4.69) is 13.0 Å². The zero-order valence-corrected chi connectivity index (χ0v) is 21.2. The molecule has 0 radical (unpaired) electrons. The summed E-state index contributed by atoms with van der Waals surface area (Å²) in [7, 11) is 0. The average Bonchev–Trinajstić information content (AvgIpc) is 3.16. The molecule has 2 saturated carbocycles. The van der Waals surface area contributed by atoms with Crippen molar-refractivity contribution in [3.05, 3.63) is 23.0 Å². The molecule has 1 amide bonds. The van der Waals surface area contributed by atoms with E-state index < -0.39 is 24.2 Å². The summed E-state index contributed by atoms with van der Waals surface area (Å²) in [6.07, 6.45) is 5.61. The number of halogens is 3. The van der Waals surface area contributed by atoms with Gasteiger partial charge in [-0.15, -0.1) is 0 Å². The Hall–Kier alpha value is -1.50. The fourth-order valence-corrected chi connectivity index (χ4v) is 8.32. The van der Waals surface area contributed by atoms with Gasteiger partial charge in [-0.3, -0.25) is 4.79 Å². The third-order valence-electron chi connectivity index (χ3n) is 10.1. The second-order valence-corrected chi connectivity index (χ2v) is 12.2. The van der Waals surface area contributed by atoms with Gasteiger partial charge >= 0.3 is 12.1 Å². The monoisotopic (exact) mass is 495 g/mol. The van der Waals surface area contributed by atoms with Crippen molar-refractivity contribution < 1.29 is 27.8 Å². The van der Waals surface area contributed by atoms with Crippen LogP contribution in [0.1, 0.15) is 85.0 Å². The number of fused-ring (bicyclic) bond motifs is 6. The summed E-state index contributed by atoms with van der Waals surface area (Å²) in [5.41, 5.74) is 2.89. The first-order valence-corrected chi connectivity index (χ1v) is 13.6. The maximum atomic E-state index is 13.4. The van der Waals surface area contributed by atoms with Gasteiger partial charge in [0.15, 0.2) is 0 Å². The van der Waals surface area contributed by atoms with Crippen molar-refractivity contribution in [3.63, 3.8) is 0 Å². The Labute approximate surface area is 207 Å². The average molecular weight is 496 g/mol. The van der Waals surface area contributed by atoms with Crippen LogP contribution in [0.3, 0.4) is 0 Å². The molecule has 5 rings (SSSR count). The number of rotatable bonds is 0. The molecule has 1 saturated heterocycles. The van der Waals surface area contributed by atoms with Gasteiger partial charge < -0.3 is 14.7 Å². The zero-order chi connectivity index (χ0) is 25.1. The van der Waals surface area contributed by atoms with Crippen LogP contribution in [0.4, 0.5) is 13.2 Å². The molecule has 2 unspecified atom stereocenters. The van der Waals surface area contributed by atoms with Crippen LogP contribution in [0.15, 0.2) is 23.0 Å². The van der Waals surface area contributed by atoms with Crippen molar-refractivity contribution >= 4 is 5.91 Å². The molecule has 7 heteroatoms. The van der Waals surface area contributed by atoms with Gasteiger partial charge in [0.05, 0.1) is 17.9 Å². The van der Waals surface area contributed by atoms with Crippen LogP contribution in [0, 0.1) is 29.1 Å². The summed E-state index contributed by atoms with van der Waals surface area (Å²) in [5, 5.41) is 10.3. The van der Waals surface area contributed by atoms with Gasteiger partial charge in [-0.25, -0.2) is 0 Å². The number of aliphatic hydroxyl groups is 1. The third-order valence-corrected chi connectivity index (χ3v) is 10.1. The van der Waals surface area contributed by atoms with Crippen LogP contribution in [0.2, 0.25) is 0 Å². The molecule has 3 aliphatic carbocycles. The van der Waals surface area contributed by atoms with E-state index in [-0.39, 0.29) is 24.0 Å². The molecule has 0 aromatic heterocycles. The number of piperidine rings is 1. The number of likely N-dealkylation sites (tertiary alicyclic amines) is 1. The van der Waals surface area contributed by atoms with E-state index in [1.165, 1.54) is 11.1 Å². The van der Waals surface area contributed by atoms with E-state index in [0.29, 0.717) is 30.6 Å². The summed E-state index contributed by atoms with van der Waals surface area (Å²) in [6.45, 7) is 6.45.